The van der Waals surface area contributed by atoms with E-state index in [2.05, 4.69) is 10.3 Å². The Labute approximate surface area is 204 Å². The van der Waals surface area contributed by atoms with E-state index >= 15 is 0 Å². The lowest BCUT2D eigenvalue weighted by Crippen LogP contribution is -2.52. The Kier molecular flexibility index (Phi) is 6.02. The van der Waals surface area contributed by atoms with Crippen molar-refractivity contribution in [2.24, 2.45) is 5.92 Å². The Morgan fingerprint density at radius 3 is 2.82 bits per heavy atom. The lowest BCUT2D eigenvalue weighted by atomic mass is 9.99. The van der Waals surface area contributed by atoms with Crippen molar-refractivity contribution < 1.29 is 23.5 Å². The van der Waals surface area contributed by atoms with Crippen molar-refractivity contribution in [3.8, 4) is 22.6 Å². The van der Waals surface area contributed by atoms with E-state index in [0.717, 1.165) is 17.2 Å². The molecule has 1 saturated heterocycles. The summed E-state index contributed by atoms with van der Waals surface area (Å²) in [5.41, 5.74) is 1.66. The number of halogens is 3. The number of hydrogen-bond donors (Lipinski definition) is 1. The number of amides is 2. The molecule has 0 saturated carbocycles. The molecular weight excluding hydrogens is 484 g/mol. The molecule has 3 aromatic rings. The number of anilines is 1. The van der Waals surface area contributed by atoms with Gasteiger partial charge in [-0.05, 0) is 30.3 Å². The maximum Gasteiger partial charge on any atom is 0.262 e. The second-order valence-electron chi connectivity index (χ2n) is 8.05. The highest BCUT2D eigenvalue weighted by atomic mass is 35.5. The van der Waals surface area contributed by atoms with Crippen LogP contribution in [0, 0.1) is 11.7 Å². The van der Waals surface area contributed by atoms with E-state index < -0.39 is 11.7 Å². The molecule has 5 rings (SSSR count). The first kappa shape index (κ1) is 22.4. The minimum atomic E-state index is -0.695. The number of pyridine rings is 1. The van der Waals surface area contributed by atoms with Gasteiger partial charge in [0.2, 0.25) is 0 Å². The average Bonchev–Trinajstić information content (AvgIpc) is 2.79. The third-order valence-corrected chi connectivity index (χ3v) is 6.19. The van der Waals surface area contributed by atoms with Crippen LogP contribution in [0.1, 0.15) is 10.4 Å². The number of ether oxygens (including phenoxy) is 2. The van der Waals surface area contributed by atoms with Gasteiger partial charge in [0.05, 0.1) is 22.9 Å². The molecule has 1 aromatic heterocycles. The van der Waals surface area contributed by atoms with Crippen LogP contribution in [-0.4, -0.2) is 48.0 Å². The van der Waals surface area contributed by atoms with Crippen LogP contribution in [-0.2, 0) is 4.79 Å². The van der Waals surface area contributed by atoms with Crippen LogP contribution in [0.5, 0.6) is 11.5 Å². The van der Waals surface area contributed by atoms with Gasteiger partial charge in [0.25, 0.3) is 11.8 Å². The Hall–Kier alpha value is -3.36. The van der Waals surface area contributed by atoms with Crippen LogP contribution in [0.25, 0.3) is 11.1 Å². The number of nitrogens with zero attached hydrogens (tertiary/aromatic N) is 2. The predicted octanol–water partition coefficient (Wildman–Crippen LogP) is 4.68. The second-order valence-corrected chi connectivity index (χ2v) is 8.89. The molecular formula is C24H18Cl2FN3O4. The first-order valence-electron chi connectivity index (χ1n) is 10.5. The van der Waals surface area contributed by atoms with Gasteiger partial charge in [-0.3, -0.25) is 14.6 Å². The number of aromatic nitrogens is 1. The first-order chi connectivity index (χ1) is 16.4. The number of nitrogens with one attached hydrogen (secondary N) is 1. The second kappa shape index (κ2) is 9.12. The summed E-state index contributed by atoms with van der Waals surface area (Å²) in [4.78, 5) is 29.9. The fourth-order valence-electron chi connectivity index (χ4n) is 3.92. The zero-order valence-electron chi connectivity index (χ0n) is 17.7. The minimum absolute atomic E-state index is 0.0733. The van der Waals surface area contributed by atoms with Crippen molar-refractivity contribution in [3.63, 3.8) is 0 Å². The third kappa shape index (κ3) is 4.38. The molecule has 2 aliphatic rings. The molecule has 0 unspecified atom stereocenters. The van der Waals surface area contributed by atoms with Gasteiger partial charge in [-0.25, -0.2) is 4.39 Å². The summed E-state index contributed by atoms with van der Waals surface area (Å²) in [6.07, 6.45) is 3.19. The minimum Gasteiger partial charge on any atom is -0.493 e. The van der Waals surface area contributed by atoms with Crippen molar-refractivity contribution >= 4 is 40.7 Å². The highest BCUT2D eigenvalue weighted by molar-refractivity contribution is 6.33. The van der Waals surface area contributed by atoms with Crippen LogP contribution >= 0.6 is 23.2 Å². The molecule has 2 amide bonds. The zero-order chi connectivity index (χ0) is 23.8. The van der Waals surface area contributed by atoms with Gasteiger partial charge in [0.15, 0.2) is 6.61 Å². The van der Waals surface area contributed by atoms with E-state index in [1.807, 2.05) is 0 Å². The Morgan fingerprint density at radius 1 is 1.21 bits per heavy atom. The number of rotatable bonds is 5. The number of hydrogen-bond acceptors (Lipinski definition) is 5. The quantitative estimate of drug-likeness (QED) is 0.549. The summed E-state index contributed by atoms with van der Waals surface area (Å²) in [7, 11) is 0. The highest BCUT2D eigenvalue weighted by Gasteiger charge is 2.34. The maximum absolute atomic E-state index is 14.5. The van der Waals surface area contributed by atoms with Gasteiger partial charge in [0.1, 0.15) is 17.3 Å². The fourth-order valence-corrected chi connectivity index (χ4v) is 4.31. The van der Waals surface area contributed by atoms with E-state index in [1.165, 1.54) is 11.0 Å². The number of likely N-dealkylation sites (tertiary alicyclic amines) is 1. The number of benzene rings is 2. The molecule has 0 aliphatic carbocycles. The van der Waals surface area contributed by atoms with Gasteiger partial charge >= 0.3 is 0 Å². The summed E-state index contributed by atoms with van der Waals surface area (Å²) in [6.45, 7) is 1.00. The SMILES string of the molecule is O=C1COc2cc(F)c(C(=O)N3CC(COc4ccc(Cl)cc4-c4ccncc4Cl)C3)cc2N1. The number of fused-ring (bicyclic) bond motifs is 1. The lowest BCUT2D eigenvalue weighted by molar-refractivity contribution is -0.118. The molecule has 10 heteroatoms. The molecule has 0 bridgehead atoms. The molecule has 1 N–H and O–H groups in total. The van der Waals surface area contributed by atoms with Crippen molar-refractivity contribution in [2.75, 3.05) is 31.6 Å². The largest absolute Gasteiger partial charge is 0.493 e. The maximum atomic E-state index is 14.5. The molecule has 7 nitrogen and oxygen atoms in total. The molecule has 0 spiro atoms. The molecule has 0 radical (unpaired) electrons. The van der Waals surface area contributed by atoms with Gasteiger partial charge < -0.3 is 19.7 Å². The topological polar surface area (TPSA) is 80.8 Å². The van der Waals surface area contributed by atoms with Gasteiger partial charge in [0, 0.05) is 53.6 Å². The summed E-state index contributed by atoms with van der Waals surface area (Å²) in [6, 6.07) is 9.49. The predicted molar refractivity (Wildman–Crippen MR) is 125 cm³/mol. The van der Waals surface area contributed by atoms with E-state index in [0.29, 0.717) is 35.5 Å². The highest BCUT2D eigenvalue weighted by Crippen LogP contribution is 2.37. The molecule has 1 fully saturated rings. The Bertz CT molecular complexity index is 1300. The molecule has 3 heterocycles. The fraction of sp³-hybridized carbons (Fsp3) is 0.208. The standard InChI is InChI=1S/C24H18Cl2FN3O4/c25-14-1-2-21(16(5-14)15-3-4-28-8-18(15)26)33-11-13-9-30(10-13)24(32)17-6-20-22(7-19(17)27)34-12-23(31)29-20/h1-8,13H,9-12H2,(H,29,31). The number of carbonyl (C=O) groups excluding carboxylic acids is 2. The van der Waals surface area contributed by atoms with Crippen LogP contribution in [0.3, 0.4) is 0 Å². The normalized spacial score (nSPS) is 15.1. The lowest BCUT2D eigenvalue weighted by Gasteiger charge is -2.39. The summed E-state index contributed by atoms with van der Waals surface area (Å²) < 4.78 is 25.7. The Morgan fingerprint density at radius 2 is 2.03 bits per heavy atom. The van der Waals surface area contributed by atoms with Gasteiger partial charge in [-0.1, -0.05) is 23.2 Å². The molecule has 2 aromatic carbocycles. The van der Waals surface area contributed by atoms with Crippen molar-refractivity contribution in [1.82, 2.24) is 9.88 Å². The first-order valence-corrected chi connectivity index (χ1v) is 11.2. The van der Waals surface area contributed by atoms with Crippen molar-refractivity contribution in [3.05, 3.63) is 70.2 Å². The molecule has 34 heavy (non-hydrogen) atoms. The Balaban J connectivity index is 1.24. The molecule has 2 aliphatic heterocycles. The zero-order valence-corrected chi connectivity index (χ0v) is 19.2. The average molecular weight is 502 g/mol. The van der Waals surface area contributed by atoms with Crippen molar-refractivity contribution in [1.29, 1.82) is 0 Å². The summed E-state index contributed by atoms with van der Waals surface area (Å²) in [5, 5.41) is 3.61. The molecule has 174 valence electrons. The van der Waals surface area contributed by atoms with Crippen molar-refractivity contribution in [2.45, 2.75) is 0 Å². The van der Waals surface area contributed by atoms with Crippen LogP contribution in [0.2, 0.25) is 10.0 Å². The van der Waals surface area contributed by atoms with Crippen LogP contribution < -0.4 is 14.8 Å². The van der Waals surface area contributed by atoms with Crippen LogP contribution in [0.4, 0.5) is 10.1 Å². The van der Waals surface area contributed by atoms with Crippen LogP contribution in [0.15, 0.2) is 48.8 Å². The third-order valence-electron chi connectivity index (χ3n) is 5.66. The van der Waals surface area contributed by atoms with Gasteiger partial charge in [-0.2, -0.15) is 0 Å². The summed E-state index contributed by atoms with van der Waals surface area (Å²) >= 11 is 12.5. The number of carbonyl (C=O) groups is 2. The van der Waals surface area contributed by atoms with Gasteiger partial charge in [-0.15, -0.1) is 0 Å². The molecule has 0 atom stereocenters. The monoisotopic (exact) mass is 501 g/mol. The van der Waals surface area contributed by atoms with E-state index in [4.69, 9.17) is 32.7 Å². The summed E-state index contributed by atoms with van der Waals surface area (Å²) in [5.74, 6) is -0.612. The van der Waals surface area contributed by atoms with E-state index in [1.54, 1.807) is 36.7 Å². The van der Waals surface area contributed by atoms with E-state index in [9.17, 15) is 14.0 Å². The van der Waals surface area contributed by atoms with E-state index in [-0.39, 0.29) is 35.4 Å². The smallest absolute Gasteiger partial charge is 0.262 e.